The van der Waals surface area contributed by atoms with Gasteiger partial charge in [-0.15, -0.1) is 0 Å². The summed E-state index contributed by atoms with van der Waals surface area (Å²) < 4.78 is 0. The van der Waals surface area contributed by atoms with Gasteiger partial charge in [-0.2, -0.15) is 0 Å². The standard InChI is InChI=1S/C50H102/c1-10-19-28-37-42-48(40-31-22-13-4,41-32-23-14-5)50(45-35-26-17-8,46-36-27-18-9)49(43-33-24-15-6,44-34-25-16-7)47(38-29-20-11-2)39-30-21-12-3/h47H,10-46H2,1-9H3. The maximum atomic E-state index is 2.48. The Morgan fingerprint density at radius 3 is 0.860 bits per heavy atom. The molecule has 0 aromatic rings. The lowest BCUT2D eigenvalue weighted by Crippen LogP contribution is -2.57. The first-order valence-corrected chi connectivity index (χ1v) is 24.4. The van der Waals surface area contributed by atoms with Crippen LogP contribution in [-0.4, -0.2) is 0 Å². The lowest BCUT2D eigenvalue weighted by atomic mass is 9.39. The topological polar surface area (TPSA) is 0 Å². The van der Waals surface area contributed by atoms with Crippen molar-refractivity contribution < 1.29 is 0 Å². The second-order valence-corrected chi connectivity index (χ2v) is 17.8. The summed E-state index contributed by atoms with van der Waals surface area (Å²) in [6.45, 7) is 22.2. The van der Waals surface area contributed by atoms with Crippen LogP contribution in [-0.2, 0) is 0 Å². The van der Waals surface area contributed by atoms with Crippen LogP contribution >= 0.6 is 0 Å². The van der Waals surface area contributed by atoms with E-state index in [0.29, 0.717) is 16.2 Å². The summed E-state index contributed by atoms with van der Waals surface area (Å²) >= 11 is 0. The van der Waals surface area contributed by atoms with Crippen LogP contribution in [0.5, 0.6) is 0 Å². The summed E-state index contributed by atoms with van der Waals surface area (Å²) in [4.78, 5) is 0. The number of hydrogen-bond donors (Lipinski definition) is 0. The molecule has 0 aromatic carbocycles. The summed E-state index contributed by atoms with van der Waals surface area (Å²) in [5.41, 5.74) is 1.50. The predicted molar refractivity (Wildman–Crippen MR) is 233 cm³/mol. The van der Waals surface area contributed by atoms with E-state index in [1.54, 1.807) is 32.1 Å². The predicted octanol–water partition coefficient (Wildman–Crippen LogP) is 19.2. The van der Waals surface area contributed by atoms with Crippen molar-refractivity contribution >= 4 is 0 Å². The van der Waals surface area contributed by atoms with Crippen LogP contribution in [0.3, 0.4) is 0 Å². The minimum atomic E-state index is 0.489. The Morgan fingerprint density at radius 2 is 0.520 bits per heavy atom. The number of hydrogen-bond acceptors (Lipinski definition) is 0. The molecule has 0 saturated heterocycles. The van der Waals surface area contributed by atoms with Crippen molar-refractivity contribution in [3.8, 4) is 0 Å². The van der Waals surface area contributed by atoms with Gasteiger partial charge >= 0.3 is 0 Å². The highest BCUT2D eigenvalue weighted by Crippen LogP contribution is 2.70. The van der Waals surface area contributed by atoms with E-state index >= 15 is 0 Å². The molecule has 0 spiro atoms. The summed E-state index contributed by atoms with van der Waals surface area (Å²) in [6.07, 6.45) is 54.0. The fourth-order valence-electron chi connectivity index (χ4n) is 11.2. The number of unbranched alkanes of at least 4 members (excludes halogenated alkanes) is 19. The minimum absolute atomic E-state index is 0.489. The summed E-state index contributed by atoms with van der Waals surface area (Å²) in [5, 5.41) is 0. The largest absolute Gasteiger partial charge is 0.0654 e. The molecule has 0 aliphatic rings. The van der Waals surface area contributed by atoms with Crippen LogP contribution in [0.2, 0.25) is 0 Å². The third kappa shape index (κ3) is 17.9. The summed E-state index contributed by atoms with van der Waals surface area (Å²) in [6, 6.07) is 0. The first-order valence-electron chi connectivity index (χ1n) is 24.4. The average molecular weight is 703 g/mol. The Bertz CT molecular complexity index is 634. The summed E-state index contributed by atoms with van der Waals surface area (Å²) in [5.74, 6) is 0.921. The molecule has 0 rings (SSSR count). The molecular formula is C50H102. The van der Waals surface area contributed by atoms with E-state index in [1.807, 2.05) is 0 Å². The smallest absolute Gasteiger partial charge is 0.0182 e. The van der Waals surface area contributed by atoms with Crippen molar-refractivity contribution in [2.24, 2.45) is 22.2 Å². The lowest BCUT2D eigenvalue weighted by Gasteiger charge is -2.66. The van der Waals surface area contributed by atoms with E-state index in [4.69, 9.17) is 0 Å². The van der Waals surface area contributed by atoms with Gasteiger partial charge in [-0.25, -0.2) is 0 Å². The molecule has 0 aromatic heterocycles. The van der Waals surface area contributed by atoms with Gasteiger partial charge in [0.25, 0.3) is 0 Å². The van der Waals surface area contributed by atoms with Crippen LogP contribution in [0.25, 0.3) is 0 Å². The van der Waals surface area contributed by atoms with Crippen LogP contribution in [0.15, 0.2) is 0 Å². The van der Waals surface area contributed by atoms with Gasteiger partial charge in [0.1, 0.15) is 0 Å². The average Bonchev–Trinajstić information content (AvgIpc) is 3.12. The Labute approximate surface area is 321 Å². The fourth-order valence-corrected chi connectivity index (χ4v) is 11.2. The van der Waals surface area contributed by atoms with Gasteiger partial charge in [0.05, 0.1) is 0 Å². The van der Waals surface area contributed by atoms with Crippen molar-refractivity contribution in [1.29, 1.82) is 0 Å². The van der Waals surface area contributed by atoms with Gasteiger partial charge in [0.15, 0.2) is 0 Å². The first kappa shape index (κ1) is 50.0. The van der Waals surface area contributed by atoms with Crippen LogP contribution in [0, 0.1) is 22.2 Å². The molecule has 50 heavy (non-hydrogen) atoms. The van der Waals surface area contributed by atoms with Crippen molar-refractivity contribution in [3.05, 3.63) is 0 Å². The molecule has 0 saturated carbocycles. The third-order valence-electron chi connectivity index (χ3n) is 14.0. The zero-order chi connectivity index (χ0) is 37.2. The first-order chi connectivity index (χ1) is 24.4. The molecule has 0 N–H and O–H groups in total. The Hall–Kier alpha value is 0. The zero-order valence-electron chi connectivity index (χ0n) is 37.2. The molecule has 0 aliphatic carbocycles. The van der Waals surface area contributed by atoms with E-state index < -0.39 is 0 Å². The van der Waals surface area contributed by atoms with Crippen LogP contribution in [0.4, 0.5) is 0 Å². The molecule has 0 unspecified atom stereocenters. The number of rotatable bonds is 40. The lowest BCUT2D eigenvalue weighted by molar-refractivity contribution is -0.166. The van der Waals surface area contributed by atoms with Gasteiger partial charge in [0.2, 0.25) is 0 Å². The van der Waals surface area contributed by atoms with E-state index in [9.17, 15) is 0 Å². The third-order valence-corrected chi connectivity index (χ3v) is 14.0. The van der Waals surface area contributed by atoms with Crippen molar-refractivity contribution in [2.45, 2.75) is 300 Å². The van der Waals surface area contributed by atoms with Gasteiger partial charge in [-0.1, -0.05) is 242 Å². The Morgan fingerprint density at radius 1 is 0.260 bits per heavy atom. The molecule has 0 nitrogen and oxygen atoms in total. The molecule has 0 radical (unpaired) electrons. The Balaban J connectivity index is 8.27. The second-order valence-electron chi connectivity index (χ2n) is 17.8. The summed E-state index contributed by atoms with van der Waals surface area (Å²) in [7, 11) is 0. The van der Waals surface area contributed by atoms with Gasteiger partial charge < -0.3 is 0 Å². The van der Waals surface area contributed by atoms with E-state index in [0.717, 1.165) is 5.92 Å². The maximum absolute atomic E-state index is 2.48. The molecule has 0 bridgehead atoms. The normalized spacial score (nSPS) is 12.8. The quantitative estimate of drug-likeness (QED) is 0.0558. The molecule has 0 fully saturated rings. The van der Waals surface area contributed by atoms with Crippen molar-refractivity contribution in [3.63, 3.8) is 0 Å². The van der Waals surface area contributed by atoms with Crippen molar-refractivity contribution in [1.82, 2.24) is 0 Å². The van der Waals surface area contributed by atoms with Gasteiger partial charge in [-0.3, -0.25) is 0 Å². The minimum Gasteiger partial charge on any atom is -0.0654 e. The highest BCUT2D eigenvalue weighted by Gasteiger charge is 2.61. The van der Waals surface area contributed by atoms with E-state index in [2.05, 4.69) is 62.3 Å². The second kappa shape index (κ2) is 33.6. The van der Waals surface area contributed by atoms with Gasteiger partial charge in [0, 0.05) is 0 Å². The fraction of sp³-hybridized carbons (Fsp3) is 1.00. The monoisotopic (exact) mass is 703 g/mol. The molecule has 0 heteroatoms. The Kier molecular flexibility index (Phi) is 33.6. The van der Waals surface area contributed by atoms with E-state index in [-0.39, 0.29) is 0 Å². The molecule has 0 atom stereocenters. The van der Waals surface area contributed by atoms with Gasteiger partial charge in [-0.05, 0) is 80.0 Å². The molecule has 302 valence electrons. The molecule has 0 aliphatic heterocycles. The SMILES string of the molecule is CCCCCCC(CCCCC)(CCCCC)C(CCCCC)(CCCCC)C(CCCCC)(CCCCC)C(CCCCC)CCCCC. The van der Waals surface area contributed by atoms with E-state index in [1.165, 1.54) is 205 Å². The highest BCUT2D eigenvalue weighted by atomic mass is 14.7. The van der Waals surface area contributed by atoms with Crippen LogP contribution in [0.1, 0.15) is 300 Å². The zero-order valence-corrected chi connectivity index (χ0v) is 37.2. The molecule has 0 heterocycles. The molecule has 0 amide bonds. The highest BCUT2D eigenvalue weighted by molar-refractivity contribution is 5.10. The van der Waals surface area contributed by atoms with Crippen molar-refractivity contribution in [2.75, 3.05) is 0 Å². The molecular weight excluding hydrogens is 601 g/mol. The van der Waals surface area contributed by atoms with Crippen LogP contribution < -0.4 is 0 Å². The maximum Gasteiger partial charge on any atom is -0.0182 e.